The summed E-state index contributed by atoms with van der Waals surface area (Å²) < 4.78 is 1.89. The first kappa shape index (κ1) is 11.4. The quantitative estimate of drug-likeness (QED) is 0.862. The van der Waals surface area contributed by atoms with Crippen LogP contribution in [0.1, 0.15) is 23.7 Å². The molecule has 0 aliphatic carbocycles. The van der Waals surface area contributed by atoms with E-state index in [-0.39, 0.29) is 0 Å². The van der Waals surface area contributed by atoms with Crippen LogP contribution in [0.5, 0.6) is 0 Å². The van der Waals surface area contributed by atoms with Crippen LogP contribution >= 0.6 is 11.3 Å². The van der Waals surface area contributed by atoms with Gasteiger partial charge in [-0.1, -0.05) is 6.92 Å². The summed E-state index contributed by atoms with van der Waals surface area (Å²) in [6, 6.07) is 2.15. The third kappa shape index (κ3) is 2.71. The van der Waals surface area contributed by atoms with Crippen LogP contribution in [0.25, 0.3) is 0 Å². The fraction of sp³-hybridized carbons (Fsp3) is 0.417. The van der Waals surface area contributed by atoms with Crippen LogP contribution in [0, 0.1) is 0 Å². The molecule has 2 aromatic rings. The summed E-state index contributed by atoms with van der Waals surface area (Å²) in [5, 5.41) is 12.2. The molecular weight excluding hydrogens is 218 g/mol. The van der Waals surface area contributed by atoms with E-state index in [4.69, 9.17) is 0 Å². The zero-order valence-electron chi connectivity index (χ0n) is 9.73. The second-order valence-electron chi connectivity index (χ2n) is 3.86. The molecule has 0 bridgehead atoms. The Morgan fingerprint density at radius 3 is 3.00 bits per heavy atom. The first-order valence-corrected chi connectivity index (χ1v) is 6.47. The van der Waals surface area contributed by atoms with Gasteiger partial charge in [0.05, 0.1) is 5.69 Å². The van der Waals surface area contributed by atoms with Gasteiger partial charge in [-0.3, -0.25) is 4.68 Å². The van der Waals surface area contributed by atoms with E-state index in [1.807, 2.05) is 11.7 Å². The molecular formula is C12H17N3S. The maximum Gasteiger partial charge on any atom is 0.0666 e. The lowest BCUT2D eigenvalue weighted by molar-refractivity contribution is 0.689. The van der Waals surface area contributed by atoms with Gasteiger partial charge in [-0.25, -0.2) is 0 Å². The summed E-state index contributed by atoms with van der Waals surface area (Å²) in [5.74, 6) is 0. The maximum atomic E-state index is 4.42. The highest BCUT2D eigenvalue weighted by molar-refractivity contribution is 7.07. The molecule has 0 saturated heterocycles. The van der Waals surface area contributed by atoms with Crippen molar-refractivity contribution in [2.24, 2.45) is 7.05 Å². The minimum Gasteiger partial charge on any atom is -0.308 e. The Morgan fingerprint density at radius 2 is 2.31 bits per heavy atom. The van der Waals surface area contributed by atoms with Gasteiger partial charge >= 0.3 is 0 Å². The molecule has 1 N–H and O–H groups in total. The average Bonchev–Trinajstić information content (AvgIpc) is 2.88. The number of aromatic nitrogens is 2. The van der Waals surface area contributed by atoms with Gasteiger partial charge in [0.2, 0.25) is 0 Å². The topological polar surface area (TPSA) is 29.9 Å². The third-order valence-electron chi connectivity index (χ3n) is 2.55. The van der Waals surface area contributed by atoms with Crippen molar-refractivity contribution >= 4 is 11.3 Å². The van der Waals surface area contributed by atoms with E-state index >= 15 is 0 Å². The summed E-state index contributed by atoms with van der Waals surface area (Å²) in [5.41, 5.74) is 3.85. The lowest BCUT2D eigenvalue weighted by Gasteiger charge is -2.02. The van der Waals surface area contributed by atoms with Crippen LogP contribution in [0.3, 0.4) is 0 Å². The van der Waals surface area contributed by atoms with E-state index in [1.165, 1.54) is 16.8 Å². The van der Waals surface area contributed by atoms with Crippen LogP contribution in [-0.4, -0.2) is 9.78 Å². The fourth-order valence-corrected chi connectivity index (χ4v) is 2.43. The van der Waals surface area contributed by atoms with Gasteiger partial charge in [0.25, 0.3) is 0 Å². The van der Waals surface area contributed by atoms with Gasteiger partial charge in [-0.15, -0.1) is 0 Å². The van der Waals surface area contributed by atoms with Gasteiger partial charge in [0, 0.05) is 31.9 Å². The van der Waals surface area contributed by atoms with Crippen molar-refractivity contribution in [1.82, 2.24) is 15.1 Å². The molecule has 0 saturated carbocycles. The van der Waals surface area contributed by atoms with Gasteiger partial charge in [0.1, 0.15) is 0 Å². The van der Waals surface area contributed by atoms with E-state index in [9.17, 15) is 0 Å². The highest BCUT2D eigenvalue weighted by Gasteiger charge is 2.04. The van der Waals surface area contributed by atoms with Gasteiger partial charge in [0.15, 0.2) is 0 Å². The van der Waals surface area contributed by atoms with Gasteiger partial charge < -0.3 is 5.32 Å². The van der Waals surface area contributed by atoms with E-state index < -0.39 is 0 Å². The summed E-state index contributed by atoms with van der Waals surface area (Å²) in [7, 11) is 1.97. The standard InChI is InChI=1S/C12H17N3S/c1-3-12-11(8-15(2)14-12)7-13-6-10-4-5-16-9-10/h4-5,8-9,13H,3,6-7H2,1-2H3. The molecule has 3 nitrogen and oxygen atoms in total. The number of aryl methyl sites for hydroxylation is 2. The molecule has 16 heavy (non-hydrogen) atoms. The van der Waals surface area contributed by atoms with Crippen molar-refractivity contribution in [1.29, 1.82) is 0 Å². The van der Waals surface area contributed by atoms with Crippen molar-refractivity contribution in [3.8, 4) is 0 Å². The smallest absolute Gasteiger partial charge is 0.0666 e. The lowest BCUT2D eigenvalue weighted by Crippen LogP contribution is -2.12. The largest absolute Gasteiger partial charge is 0.308 e. The van der Waals surface area contributed by atoms with Crippen molar-refractivity contribution in [2.75, 3.05) is 0 Å². The number of thiophene rings is 1. The maximum absolute atomic E-state index is 4.42. The molecule has 0 unspecified atom stereocenters. The summed E-state index contributed by atoms with van der Waals surface area (Å²) in [4.78, 5) is 0. The van der Waals surface area contributed by atoms with E-state index in [2.05, 4.69) is 40.4 Å². The van der Waals surface area contributed by atoms with E-state index in [0.717, 1.165) is 19.5 Å². The van der Waals surface area contributed by atoms with Crippen molar-refractivity contribution in [2.45, 2.75) is 26.4 Å². The summed E-state index contributed by atoms with van der Waals surface area (Å²) in [6.45, 7) is 3.97. The minimum absolute atomic E-state index is 0.896. The van der Waals surface area contributed by atoms with Crippen molar-refractivity contribution in [3.05, 3.63) is 39.8 Å². The molecule has 2 heterocycles. The number of nitrogens with zero attached hydrogens (tertiary/aromatic N) is 2. The first-order chi connectivity index (χ1) is 7.79. The Balaban J connectivity index is 1.89. The predicted octanol–water partition coefficient (Wildman–Crippen LogP) is 2.33. The van der Waals surface area contributed by atoms with Crippen LogP contribution in [-0.2, 0) is 26.6 Å². The molecule has 2 aromatic heterocycles. The molecule has 2 rings (SSSR count). The molecule has 0 spiro atoms. The van der Waals surface area contributed by atoms with Crippen LogP contribution in [0.15, 0.2) is 23.0 Å². The van der Waals surface area contributed by atoms with E-state index in [0.29, 0.717) is 0 Å². The van der Waals surface area contributed by atoms with E-state index in [1.54, 1.807) is 11.3 Å². The summed E-state index contributed by atoms with van der Waals surface area (Å²) in [6.07, 6.45) is 3.09. The molecule has 4 heteroatoms. The normalized spacial score (nSPS) is 10.9. The molecule has 0 amide bonds. The second kappa shape index (κ2) is 5.27. The number of hydrogen-bond donors (Lipinski definition) is 1. The van der Waals surface area contributed by atoms with Gasteiger partial charge in [-0.05, 0) is 28.8 Å². The van der Waals surface area contributed by atoms with Crippen LogP contribution < -0.4 is 5.32 Å². The zero-order chi connectivity index (χ0) is 11.4. The monoisotopic (exact) mass is 235 g/mol. The molecule has 0 aliphatic rings. The molecule has 0 radical (unpaired) electrons. The minimum atomic E-state index is 0.896. The van der Waals surface area contributed by atoms with Crippen molar-refractivity contribution in [3.63, 3.8) is 0 Å². The molecule has 0 atom stereocenters. The highest BCUT2D eigenvalue weighted by atomic mass is 32.1. The lowest BCUT2D eigenvalue weighted by atomic mass is 10.2. The molecule has 86 valence electrons. The molecule has 0 fully saturated rings. The Bertz CT molecular complexity index is 431. The third-order valence-corrected chi connectivity index (χ3v) is 3.28. The first-order valence-electron chi connectivity index (χ1n) is 5.52. The Hall–Kier alpha value is -1.13. The fourth-order valence-electron chi connectivity index (χ4n) is 1.76. The molecule has 0 aliphatic heterocycles. The number of hydrogen-bond acceptors (Lipinski definition) is 3. The Morgan fingerprint density at radius 1 is 1.44 bits per heavy atom. The average molecular weight is 235 g/mol. The highest BCUT2D eigenvalue weighted by Crippen LogP contribution is 2.08. The van der Waals surface area contributed by atoms with Crippen molar-refractivity contribution < 1.29 is 0 Å². The Labute approximate surface area is 100 Å². The molecule has 0 aromatic carbocycles. The number of rotatable bonds is 5. The second-order valence-corrected chi connectivity index (χ2v) is 4.64. The van der Waals surface area contributed by atoms with Gasteiger partial charge in [-0.2, -0.15) is 16.4 Å². The van der Waals surface area contributed by atoms with Crippen LogP contribution in [0.2, 0.25) is 0 Å². The summed E-state index contributed by atoms with van der Waals surface area (Å²) >= 11 is 1.74. The zero-order valence-corrected chi connectivity index (χ0v) is 10.5. The predicted molar refractivity (Wildman–Crippen MR) is 67.4 cm³/mol. The number of nitrogens with one attached hydrogen (secondary N) is 1. The Kier molecular flexibility index (Phi) is 3.74. The SMILES string of the molecule is CCc1nn(C)cc1CNCc1ccsc1. The van der Waals surface area contributed by atoms with Crippen LogP contribution in [0.4, 0.5) is 0 Å².